The van der Waals surface area contributed by atoms with E-state index in [0.29, 0.717) is 5.92 Å². The Morgan fingerprint density at radius 3 is 2.56 bits per heavy atom. The summed E-state index contributed by atoms with van der Waals surface area (Å²) >= 11 is 0. The lowest BCUT2D eigenvalue weighted by Crippen LogP contribution is -2.42. The van der Waals surface area contributed by atoms with Gasteiger partial charge in [0.05, 0.1) is 11.3 Å². The first-order valence-electron chi connectivity index (χ1n) is 9.08. The van der Waals surface area contributed by atoms with Crippen LogP contribution in [0, 0.1) is 5.92 Å². The van der Waals surface area contributed by atoms with E-state index >= 15 is 0 Å². The predicted molar refractivity (Wildman–Crippen MR) is 97.9 cm³/mol. The van der Waals surface area contributed by atoms with Crippen LogP contribution in [0.5, 0.6) is 0 Å². The van der Waals surface area contributed by atoms with E-state index in [0.717, 1.165) is 24.2 Å². The van der Waals surface area contributed by atoms with Crippen molar-refractivity contribution in [1.29, 1.82) is 0 Å². The summed E-state index contributed by atoms with van der Waals surface area (Å²) < 4.78 is 5.08. The zero-order chi connectivity index (χ0) is 19.4. The van der Waals surface area contributed by atoms with E-state index in [4.69, 9.17) is 4.74 Å². The molecule has 1 aromatic carbocycles. The van der Waals surface area contributed by atoms with Crippen molar-refractivity contribution in [2.45, 2.75) is 38.6 Å². The zero-order valence-corrected chi connectivity index (χ0v) is 15.1. The maximum Gasteiger partial charge on any atom is 0.338 e. The number of ether oxygens (including phenoxy) is 1. The molecule has 0 bridgehead atoms. The lowest BCUT2D eigenvalue weighted by molar-refractivity contribution is -0.125. The summed E-state index contributed by atoms with van der Waals surface area (Å²) in [6.45, 7) is 1.74. The average molecular weight is 370 g/mol. The molecule has 0 saturated heterocycles. The highest BCUT2D eigenvalue weighted by Crippen LogP contribution is 2.24. The SMILES string of the molecule is C[C@@H]1CCCC[C@@H]1NC(=O)COC(=O)c1cccc(N2C(=O)C=CC2=O)c1. The van der Waals surface area contributed by atoms with Gasteiger partial charge in [0.2, 0.25) is 0 Å². The number of carbonyl (C=O) groups is 4. The van der Waals surface area contributed by atoms with Gasteiger partial charge in [0, 0.05) is 18.2 Å². The van der Waals surface area contributed by atoms with Crippen LogP contribution in [0.4, 0.5) is 5.69 Å². The molecule has 7 heteroatoms. The third-order valence-corrected chi connectivity index (χ3v) is 4.94. The summed E-state index contributed by atoms with van der Waals surface area (Å²) in [7, 11) is 0. The quantitative estimate of drug-likeness (QED) is 0.632. The van der Waals surface area contributed by atoms with E-state index in [1.165, 1.54) is 30.7 Å². The second-order valence-corrected chi connectivity index (χ2v) is 6.91. The van der Waals surface area contributed by atoms with Gasteiger partial charge in [0.15, 0.2) is 6.61 Å². The van der Waals surface area contributed by atoms with Gasteiger partial charge < -0.3 is 10.1 Å². The summed E-state index contributed by atoms with van der Waals surface area (Å²) in [4.78, 5) is 48.7. The van der Waals surface area contributed by atoms with Crippen LogP contribution in [0.2, 0.25) is 0 Å². The molecule has 0 radical (unpaired) electrons. The normalized spacial score (nSPS) is 22.0. The molecule has 1 N–H and O–H groups in total. The number of carbonyl (C=O) groups excluding carboxylic acids is 4. The van der Waals surface area contributed by atoms with Gasteiger partial charge in [-0.2, -0.15) is 0 Å². The molecule has 2 atom stereocenters. The van der Waals surface area contributed by atoms with Crippen molar-refractivity contribution in [3.63, 3.8) is 0 Å². The smallest absolute Gasteiger partial charge is 0.338 e. The summed E-state index contributed by atoms with van der Waals surface area (Å²) in [6.07, 6.45) is 6.63. The number of benzene rings is 1. The molecular formula is C20H22N2O5. The minimum Gasteiger partial charge on any atom is -0.452 e. The number of nitrogens with one attached hydrogen (secondary N) is 1. The van der Waals surface area contributed by atoms with Crippen LogP contribution >= 0.6 is 0 Å². The first-order valence-corrected chi connectivity index (χ1v) is 9.08. The largest absolute Gasteiger partial charge is 0.452 e. The average Bonchev–Trinajstić information content (AvgIpc) is 3.00. The Balaban J connectivity index is 1.56. The highest BCUT2D eigenvalue weighted by Gasteiger charge is 2.26. The Morgan fingerprint density at radius 2 is 1.85 bits per heavy atom. The summed E-state index contributed by atoms with van der Waals surface area (Å²) in [5.74, 6) is -1.53. The van der Waals surface area contributed by atoms with Gasteiger partial charge in [-0.25, -0.2) is 9.69 Å². The third-order valence-electron chi connectivity index (χ3n) is 4.94. The van der Waals surface area contributed by atoms with E-state index in [-0.39, 0.29) is 29.8 Å². The molecule has 0 spiro atoms. The molecule has 1 aromatic rings. The van der Waals surface area contributed by atoms with Crippen molar-refractivity contribution in [1.82, 2.24) is 5.32 Å². The zero-order valence-electron chi connectivity index (χ0n) is 15.1. The molecule has 2 aliphatic rings. The van der Waals surface area contributed by atoms with Crippen molar-refractivity contribution < 1.29 is 23.9 Å². The summed E-state index contributed by atoms with van der Waals surface area (Å²) in [5.41, 5.74) is 0.448. The Bertz CT molecular complexity index is 783. The number of rotatable bonds is 5. The molecule has 27 heavy (non-hydrogen) atoms. The van der Waals surface area contributed by atoms with E-state index < -0.39 is 17.8 Å². The Kier molecular flexibility index (Phi) is 5.69. The van der Waals surface area contributed by atoms with Crippen molar-refractivity contribution in [3.8, 4) is 0 Å². The second kappa shape index (κ2) is 8.16. The molecule has 1 saturated carbocycles. The maximum atomic E-state index is 12.2. The van der Waals surface area contributed by atoms with Gasteiger partial charge in [-0.15, -0.1) is 0 Å². The van der Waals surface area contributed by atoms with Crippen LogP contribution in [0.25, 0.3) is 0 Å². The molecule has 1 aliphatic carbocycles. The highest BCUT2D eigenvalue weighted by atomic mass is 16.5. The van der Waals surface area contributed by atoms with Crippen molar-refractivity contribution in [2.75, 3.05) is 11.5 Å². The lowest BCUT2D eigenvalue weighted by Gasteiger charge is -2.29. The van der Waals surface area contributed by atoms with Crippen molar-refractivity contribution in [3.05, 3.63) is 42.0 Å². The van der Waals surface area contributed by atoms with Crippen LogP contribution < -0.4 is 10.2 Å². The highest BCUT2D eigenvalue weighted by molar-refractivity contribution is 6.28. The first-order chi connectivity index (χ1) is 13.0. The van der Waals surface area contributed by atoms with E-state index in [9.17, 15) is 19.2 Å². The van der Waals surface area contributed by atoms with Gasteiger partial charge in [0.25, 0.3) is 17.7 Å². The molecule has 7 nitrogen and oxygen atoms in total. The fourth-order valence-corrected chi connectivity index (χ4v) is 3.42. The van der Waals surface area contributed by atoms with E-state index in [1.54, 1.807) is 12.1 Å². The Morgan fingerprint density at radius 1 is 1.15 bits per heavy atom. The monoisotopic (exact) mass is 370 g/mol. The molecule has 1 fully saturated rings. The van der Waals surface area contributed by atoms with Gasteiger partial charge in [-0.3, -0.25) is 14.4 Å². The fraction of sp³-hybridized carbons (Fsp3) is 0.400. The number of amides is 3. The topological polar surface area (TPSA) is 92.8 Å². The maximum absolute atomic E-state index is 12.2. The van der Waals surface area contributed by atoms with Crippen LogP contribution in [-0.4, -0.2) is 36.3 Å². The number of imide groups is 1. The molecule has 0 aromatic heterocycles. The van der Waals surface area contributed by atoms with Gasteiger partial charge in [-0.05, 0) is 37.0 Å². The molecule has 3 amide bonds. The fourth-order valence-electron chi connectivity index (χ4n) is 3.42. The van der Waals surface area contributed by atoms with Crippen LogP contribution in [0.3, 0.4) is 0 Å². The van der Waals surface area contributed by atoms with Gasteiger partial charge >= 0.3 is 5.97 Å². The first kappa shape index (κ1) is 18.8. The minimum atomic E-state index is -0.684. The number of anilines is 1. The van der Waals surface area contributed by atoms with Crippen molar-refractivity contribution >= 4 is 29.4 Å². The molecule has 0 unspecified atom stereocenters. The summed E-state index contributed by atoms with van der Waals surface area (Å²) in [6, 6.07) is 6.12. The minimum absolute atomic E-state index is 0.118. The van der Waals surface area contributed by atoms with Crippen molar-refractivity contribution in [2.24, 2.45) is 5.92 Å². The number of nitrogens with zero attached hydrogens (tertiary/aromatic N) is 1. The molecule has 142 valence electrons. The molecule has 3 rings (SSSR count). The number of hydrogen-bond acceptors (Lipinski definition) is 5. The van der Waals surface area contributed by atoms with Gasteiger partial charge in [-0.1, -0.05) is 25.8 Å². The second-order valence-electron chi connectivity index (χ2n) is 6.91. The lowest BCUT2D eigenvalue weighted by atomic mass is 9.86. The number of hydrogen-bond donors (Lipinski definition) is 1. The van der Waals surface area contributed by atoms with Crippen LogP contribution in [0.1, 0.15) is 43.0 Å². The third kappa shape index (κ3) is 4.42. The molecular weight excluding hydrogens is 348 g/mol. The van der Waals surface area contributed by atoms with E-state index in [2.05, 4.69) is 12.2 Å². The molecule has 1 heterocycles. The van der Waals surface area contributed by atoms with Crippen LogP contribution in [-0.2, 0) is 19.1 Å². The Labute approximate surface area is 157 Å². The summed E-state index contributed by atoms with van der Waals surface area (Å²) in [5, 5.41) is 2.92. The standard InChI is InChI=1S/C20H22N2O5/c1-13-5-2-3-8-16(13)21-17(23)12-27-20(26)14-6-4-7-15(11-14)22-18(24)9-10-19(22)25/h4,6-7,9-11,13,16H,2-3,5,8,12H2,1H3,(H,21,23)/t13-,16+/m1/s1. The predicted octanol–water partition coefficient (Wildman–Crippen LogP) is 1.97. The number of esters is 1. The van der Waals surface area contributed by atoms with E-state index in [1.807, 2.05) is 0 Å². The van der Waals surface area contributed by atoms with Crippen LogP contribution in [0.15, 0.2) is 36.4 Å². The van der Waals surface area contributed by atoms with Gasteiger partial charge in [0.1, 0.15) is 0 Å². The Hall–Kier alpha value is -2.96. The molecule has 1 aliphatic heterocycles.